The van der Waals surface area contributed by atoms with Crippen molar-refractivity contribution in [2.24, 2.45) is 0 Å². The highest BCUT2D eigenvalue weighted by molar-refractivity contribution is 7.47. The first kappa shape index (κ1) is 29.3. The molecule has 0 aliphatic carbocycles. The molecule has 16 nitrogen and oxygen atoms in total. The lowest BCUT2D eigenvalue weighted by atomic mass is 10.2. The van der Waals surface area contributed by atoms with Gasteiger partial charge in [-0.1, -0.05) is 0 Å². The van der Waals surface area contributed by atoms with Gasteiger partial charge < -0.3 is 23.8 Å². The lowest BCUT2D eigenvalue weighted by molar-refractivity contribution is -0.0650. The van der Waals surface area contributed by atoms with Crippen LogP contribution in [0.25, 0.3) is 0 Å². The Hall–Kier alpha value is -2.69. The predicted octanol–water partition coefficient (Wildman–Crippen LogP) is -0.558. The van der Waals surface area contributed by atoms with Gasteiger partial charge in [-0.2, -0.15) is 0 Å². The first-order chi connectivity index (χ1) is 18.4. The summed E-state index contributed by atoms with van der Waals surface area (Å²) in [4.78, 5) is 62.8. The number of hydrogen-bond donors (Lipinski definition) is 3. The van der Waals surface area contributed by atoms with Crippen LogP contribution in [0.2, 0.25) is 0 Å². The number of aromatic amines is 2. The third kappa shape index (κ3) is 6.56. The van der Waals surface area contributed by atoms with Gasteiger partial charge in [-0.3, -0.25) is 37.7 Å². The molecule has 216 valence electrons. The lowest BCUT2D eigenvalue weighted by Gasteiger charge is -2.23. The van der Waals surface area contributed by atoms with Crippen LogP contribution in [0.3, 0.4) is 0 Å². The predicted molar refractivity (Wildman–Crippen MR) is 132 cm³/mol. The minimum absolute atomic E-state index is 0.00917. The van der Waals surface area contributed by atoms with Crippen molar-refractivity contribution < 1.29 is 37.5 Å². The summed E-state index contributed by atoms with van der Waals surface area (Å²) >= 11 is 0. The number of phosphoric ester groups is 1. The average molecular weight is 574 g/mol. The highest BCUT2D eigenvalue weighted by atomic mass is 31.2. The summed E-state index contributed by atoms with van der Waals surface area (Å²) in [6.45, 7) is 2.65. The van der Waals surface area contributed by atoms with Crippen LogP contribution in [0.5, 0.6) is 0 Å². The molecular weight excluding hydrogens is 543 g/mol. The number of aryl methyl sites for hydroxylation is 2. The van der Waals surface area contributed by atoms with Crippen molar-refractivity contribution in [3.05, 3.63) is 65.2 Å². The Kier molecular flexibility index (Phi) is 8.88. The molecule has 2 saturated heterocycles. The molecule has 2 aliphatic rings. The molecule has 0 spiro atoms. The van der Waals surface area contributed by atoms with Gasteiger partial charge in [-0.25, -0.2) is 14.2 Å². The zero-order valence-corrected chi connectivity index (χ0v) is 22.6. The summed E-state index contributed by atoms with van der Waals surface area (Å²) in [7, 11) is -1.86. The van der Waals surface area contributed by atoms with Crippen LogP contribution in [0.4, 0.5) is 0 Å². The van der Waals surface area contributed by atoms with Crippen LogP contribution in [-0.4, -0.2) is 75.8 Å². The number of nitrogens with zero attached hydrogens (tertiary/aromatic N) is 2. The van der Waals surface area contributed by atoms with Gasteiger partial charge in [-0.05, 0) is 13.8 Å². The molecule has 2 aliphatic heterocycles. The summed E-state index contributed by atoms with van der Waals surface area (Å²) in [6, 6.07) is 0. The maximum absolute atomic E-state index is 12.9. The van der Waals surface area contributed by atoms with E-state index in [4.69, 9.17) is 28.0 Å². The molecular formula is C22H31N4O12P. The Labute approximate surface area is 221 Å². The van der Waals surface area contributed by atoms with Crippen LogP contribution < -0.4 is 22.5 Å². The molecule has 0 saturated carbocycles. The number of nitrogens with one attached hydrogen (secondary N) is 2. The van der Waals surface area contributed by atoms with E-state index in [0.717, 1.165) is 0 Å². The molecule has 2 aromatic heterocycles. The zero-order chi connectivity index (χ0) is 28.5. The van der Waals surface area contributed by atoms with Gasteiger partial charge in [0.2, 0.25) is 0 Å². The van der Waals surface area contributed by atoms with E-state index in [1.165, 1.54) is 42.7 Å². The van der Waals surface area contributed by atoms with Gasteiger partial charge in [-0.15, -0.1) is 0 Å². The standard InChI is InChI=1S/C22H31N4O12P/c1-11-7-25(21(29)23-19(11)27)17-5-13(34-4)16(37-17)10-35-39(31,32)38-14-6-18(36-15(14)9-33-3)26-8-12(2)20(28)24-22(26)30/h7-8,13-18H,5-6,9-10H2,1-4H3,(H,31,32)(H,23,27,29)(H,24,28,30)/t13-,14-,15+,16+,17+,18+/m0/s1. The number of hydrogen-bond acceptors (Lipinski definition) is 11. The van der Waals surface area contributed by atoms with Gasteiger partial charge >= 0.3 is 19.2 Å². The number of methoxy groups -OCH3 is 2. The van der Waals surface area contributed by atoms with Crippen molar-refractivity contribution in [3.63, 3.8) is 0 Å². The first-order valence-electron chi connectivity index (χ1n) is 12.0. The van der Waals surface area contributed by atoms with Crippen molar-refractivity contribution >= 4 is 7.82 Å². The number of H-pyrrole nitrogens is 2. The lowest BCUT2D eigenvalue weighted by Crippen LogP contribution is -2.33. The molecule has 0 amide bonds. The van der Waals surface area contributed by atoms with Crippen LogP contribution in [0, 0.1) is 13.8 Å². The highest BCUT2D eigenvalue weighted by Gasteiger charge is 2.43. The fourth-order valence-corrected chi connectivity index (χ4v) is 5.50. The second-order valence-corrected chi connectivity index (χ2v) is 10.7. The van der Waals surface area contributed by atoms with Crippen molar-refractivity contribution in [1.82, 2.24) is 19.1 Å². The van der Waals surface area contributed by atoms with Crippen molar-refractivity contribution in [1.29, 1.82) is 0 Å². The normalized spacial score (nSPS) is 28.5. The second-order valence-electron chi connectivity index (χ2n) is 9.32. The number of ether oxygens (including phenoxy) is 4. The summed E-state index contributed by atoms with van der Waals surface area (Å²) < 4.78 is 48.1. The first-order valence-corrected chi connectivity index (χ1v) is 13.5. The fraction of sp³-hybridized carbons (Fsp3) is 0.636. The molecule has 17 heteroatoms. The van der Waals surface area contributed by atoms with Crippen molar-refractivity contribution in [2.45, 2.75) is 63.6 Å². The molecule has 3 N–H and O–H groups in total. The summed E-state index contributed by atoms with van der Waals surface area (Å²) in [5, 5.41) is 0. The largest absolute Gasteiger partial charge is 0.472 e. The molecule has 7 atom stereocenters. The van der Waals surface area contributed by atoms with Gasteiger partial charge in [0.15, 0.2) is 0 Å². The van der Waals surface area contributed by atoms with Gasteiger partial charge in [0.25, 0.3) is 11.1 Å². The molecule has 2 fully saturated rings. The van der Waals surface area contributed by atoms with E-state index in [1.807, 2.05) is 0 Å². The Balaban J connectivity index is 1.43. The van der Waals surface area contributed by atoms with E-state index in [0.29, 0.717) is 5.56 Å². The van der Waals surface area contributed by atoms with Crippen LogP contribution in [0.15, 0.2) is 31.6 Å². The van der Waals surface area contributed by atoms with Crippen LogP contribution in [-0.2, 0) is 32.6 Å². The third-order valence-electron chi connectivity index (χ3n) is 6.58. The van der Waals surface area contributed by atoms with E-state index in [2.05, 4.69) is 9.97 Å². The molecule has 4 rings (SSSR count). The Bertz CT molecular complexity index is 1460. The van der Waals surface area contributed by atoms with Crippen molar-refractivity contribution in [2.75, 3.05) is 27.4 Å². The molecule has 0 radical (unpaired) electrons. The van der Waals surface area contributed by atoms with E-state index >= 15 is 0 Å². The quantitative estimate of drug-likeness (QED) is 0.306. The SMILES string of the molecule is COC[C@H]1O[C@@H](n2cc(C)c(=O)[nH]c2=O)C[C@@H]1OP(=O)(O)OC[C@H]1O[C@@H](n2cc(C)c(=O)[nH]c2=O)C[C@@H]1OC. The second kappa shape index (κ2) is 11.8. The van der Waals surface area contributed by atoms with E-state index in [9.17, 15) is 28.6 Å². The van der Waals surface area contributed by atoms with Crippen LogP contribution in [0.1, 0.15) is 36.4 Å². The number of aromatic nitrogens is 4. The molecule has 39 heavy (non-hydrogen) atoms. The van der Waals surface area contributed by atoms with Gasteiger partial charge in [0, 0.05) is 50.6 Å². The number of phosphoric acid groups is 1. The summed E-state index contributed by atoms with van der Waals surface area (Å²) in [5.41, 5.74) is -1.83. The molecule has 1 unspecified atom stereocenters. The molecule has 0 aromatic carbocycles. The Morgan fingerprint density at radius 2 is 1.38 bits per heavy atom. The van der Waals surface area contributed by atoms with Gasteiger partial charge in [0.1, 0.15) is 30.8 Å². The smallest absolute Gasteiger partial charge is 0.382 e. The Morgan fingerprint density at radius 1 is 0.897 bits per heavy atom. The highest BCUT2D eigenvalue weighted by Crippen LogP contribution is 2.49. The molecule has 2 aromatic rings. The maximum atomic E-state index is 12.9. The topological polar surface area (TPSA) is 202 Å². The minimum atomic E-state index is -4.69. The van der Waals surface area contributed by atoms with Crippen molar-refractivity contribution in [3.8, 4) is 0 Å². The Morgan fingerprint density at radius 3 is 1.87 bits per heavy atom. The number of rotatable bonds is 10. The summed E-state index contributed by atoms with van der Waals surface area (Å²) in [6.07, 6.45) is -2.05. The van der Waals surface area contributed by atoms with E-state index < -0.39 is 73.8 Å². The van der Waals surface area contributed by atoms with Crippen LogP contribution >= 0.6 is 7.82 Å². The monoisotopic (exact) mass is 574 g/mol. The molecule has 0 bridgehead atoms. The summed E-state index contributed by atoms with van der Waals surface area (Å²) in [5.74, 6) is 0. The molecule has 4 heterocycles. The van der Waals surface area contributed by atoms with Gasteiger partial charge in [0.05, 0.1) is 19.3 Å². The maximum Gasteiger partial charge on any atom is 0.472 e. The zero-order valence-electron chi connectivity index (χ0n) is 21.7. The van der Waals surface area contributed by atoms with E-state index in [-0.39, 0.29) is 25.0 Å². The average Bonchev–Trinajstić information content (AvgIpc) is 3.46. The third-order valence-corrected chi connectivity index (χ3v) is 7.59. The minimum Gasteiger partial charge on any atom is -0.382 e. The van der Waals surface area contributed by atoms with E-state index in [1.54, 1.807) is 6.92 Å². The fourth-order valence-electron chi connectivity index (χ4n) is 4.53.